The van der Waals surface area contributed by atoms with Crippen LogP contribution in [-0.4, -0.2) is 43.1 Å². The van der Waals surface area contributed by atoms with E-state index in [4.69, 9.17) is 29.5 Å². The molecule has 0 aliphatic rings. The van der Waals surface area contributed by atoms with Gasteiger partial charge in [0.2, 0.25) is 0 Å². The van der Waals surface area contributed by atoms with Crippen LogP contribution in [0.4, 0.5) is 0 Å². The van der Waals surface area contributed by atoms with Crippen LogP contribution in [0.15, 0.2) is 0 Å². The van der Waals surface area contributed by atoms with Crippen molar-refractivity contribution in [1.29, 1.82) is 0 Å². The third-order valence-electron chi connectivity index (χ3n) is 1.46. The zero-order valence-corrected chi connectivity index (χ0v) is 11.1. The van der Waals surface area contributed by atoms with Gasteiger partial charge in [0, 0.05) is 13.0 Å². The lowest BCUT2D eigenvalue weighted by Crippen LogP contribution is -2.31. The first kappa shape index (κ1) is 19.9. The quantitative estimate of drug-likeness (QED) is 0.369. The first-order valence-corrected chi connectivity index (χ1v) is 7.00. The molecule has 0 aromatic heterocycles. The summed E-state index contributed by atoms with van der Waals surface area (Å²) in [5, 5.41) is 17.0. The number of phosphoric acid groups is 1. The van der Waals surface area contributed by atoms with Crippen molar-refractivity contribution in [3.8, 4) is 0 Å². The standard InChI is InChI=1S/C6H11O6P.H3O4P/c1-6(2-3-7,4-5(8)9)12-13(10)11;1-5(2,3)4/h7H,2-4H2,1H3,(H,8,9);(H3,1,2,3,4)/t6-;/m1./s1. The molecule has 0 radical (unpaired) electrons. The van der Waals surface area contributed by atoms with Gasteiger partial charge < -0.3 is 29.8 Å². The highest BCUT2D eigenvalue weighted by atomic mass is 31.2. The molecule has 18 heavy (non-hydrogen) atoms. The summed E-state index contributed by atoms with van der Waals surface area (Å²) in [6.07, 6.45) is -0.501. The third-order valence-corrected chi connectivity index (χ3v) is 2.05. The largest absolute Gasteiger partial charge is 0.566 e. The first-order valence-electron chi connectivity index (χ1n) is 4.34. The van der Waals surface area contributed by atoms with Crippen LogP contribution in [-0.2, 0) is 18.4 Å². The Hall–Kier alpha value is -0.440. The van der Waals surface area contributed by atoms with Crippen LogP contribution in [0, 0.1) is 0 Å². The number of hydrogen-bond donors (Lipinski definition) is 5. The van der Waals surface area contributed by atoms with Crippen molar-refractivity contribution < 1.29 is 48.2 Å². The number of carboxylic acid groups (broad SMARTS) is 1. The minimum Gasteiger partial charge on any atom is -0.566 e. The van der Waals surface area contributed by atoms with Crippen molar-refractivity contribution in [1.82, 2.24) is 0 Å². The van der Waals surface area contributed by atoms with E-state index in [0.29, 0.717) is 0 Å². The average Bonchev–Trinajstić information content (AvgIpc) is 1.95. The molecular weight excluding hydrogens is 294 g/mol. The highest BCUT2D eigenvalue weighted by Gasteiger charge is 2.34. The van der Waals surface area contributed by atoms with Crippen LogP contribution >= 0.6 is 16.1 Å². The summed E-state index contributed by atoms with van der Waals surface area (Å²) >= 11 is 0. The van der Waals surface area contributed by atoms with Crippen molar-refractivity contribution in [2.24, 2.45) is 0 Å². The molecule has 0 bridgehead atoms. The lowest BCUT2D eigenvalue weighted by Gasteiger charge is -2.20. The topological polar surface area (TPSA) is 185 Å². The highest BCUT2D eigenvalue weighted by molar-refractivity contribution is 7.45. The Morgan fingerprint density at radius 3 is 2.06 bits per heavy atom. The van der Waals surface area contributed by atoms with Crippen LogP contribution < -0.4 is 4.89 Å². The zero-order valence-electron chi connectivity index (χ0n) is 9.29. The third kappa shape index (κ3) is 17.9. The Kier molecular flexibility index (Phi) is 9.53. The lowest BCUT2D eigenvalue weighted by atomic mass is 9.99. The molecule has 0 aliphatic heterocycles. The average molecular weight is 308 g/mol. The van der Waals surface area contributed by atoms with Gasteiger partial charge >= 0.3 is 22.0 Å². The minimum absolute atomic E-state index is 0.0391. The van der Waals surface area contributed by atoms with Gasteiger partial charge in [-0.05, 0) is 11.5 Å². The fourth-order valence-corrected chi connectivity index (χ4v) is 1.42. The van der Waals surface area contributed by atoms with Crippen LogP contribution in [0.3, 0.4) is 0 Å². The van der Waals surface area contributed by atoms with Gasteiger partial charge in [0.25, 0.3) is 0 Å². The molecule has 0 heterocycles. The van der Waals surface area contributed by atoms with Gasteiger partial charge in [-0.15, -0.1) is 4.52 Å². The molecule has 0 aromatic carbocycles. The summed E-state index contributed by atoms with van der Waals surface area (Å²) in [5.41, 5.74) is -1.35. The van der Waals surface area contributed by atoms with Crippen molar-refractivity contribution >= 4 is 22.0 Å². The maximum Gasteiger partial charge on any atom is 0.489 e. The molecule has 0 saturated carbocycles. The number of aliphatic hydroxyl groups excluding tert-OH is 1. The van der Waals surface area contributed by atoms with Crippen LogP contribution in [0.1, 0.15) is 19.8 Å². The molecule has 0 rings (SSSR count). The molecule has 12 heteroatoms. The number of aliphatic carboxylic acids is 1. The molecule has 1 unspecified atom stereocenters. The van der Waals surface area contributed by atoms with Crippen molar-refractivity contribution in [3.05, 3.63) is 0 Å². The van der Waals surface area contributed by atoms with Gasteiger partial charge in [-0.1, -0.05) is 0 Å². The molecule has 0 aliphatic carbocycles. The Bertz CT molecular complexity index is 298. The van der Waals surface area contributed by atoms with Gasteiger partial charge in [0.1, 0.15) is 5.60 Å². The molecule has 0 aromatic rings. The van der Waals surface area contributed by atoms with E-state index in [1.54, 1.807) is 0 Å². The Balaban J connectivity index is 0. The molecule has 2 atom stereocenters. The number of carbonyl (C=O) groups is 1. The number of rotatable bonds is 6. The summed E-state index contributed by atoms with van der Waals surface area (Å²) < 4.78 is 23.5. The smallest absolute Gasteiger partial charge is 0.489 e. The molecule has 0 saturated heterocycles. The van der Waals surface area contributed by atoms with E-state index in [0.717, 1.165) is 0 Å². The SMILES string of the molecule is C[C@@](CCO)(CC(=O)O)O[P+](=O)[O-].O=P(O)(O)O. The van der Waals surface area contributed by atoms with Crippen LogP contribution in [0.25, 0.3) is 0 Å². The molecule has 0 amide bonds. The maximum absolute atomic E-state index is 10.3. The predicted octanol–water partition coefficient (Wildman–Crippen LogP) is -1.29. The summed E-state index contributed by atoms with van der Waals surface area (Å²) in [4.78, 5) is 42.1. The summed E-state index contributed by atoms with van der Waals surface area (Å²) in [6, 6.07) is 0. The normalized spacial score (nSPS) is 15.1. The fourth-order valence-electron chi connectivity index (χ4n) is 0.903. The van der Waals surface area contributed by atoms with E-state index >= 15 is 0 Å². The second kappa shape index (κ2) is 8.63. The van der Waals surface area contributed by atoms with Crippen molar-refractivity contribution in [3.63, 3.8) is 0 Å². The number of carboxylic acids is 1. The predicted molar refractivity (Wildman–Crippen MR) is 55.3 cm³/mol. The van der Waals surface area contributed by atoms with E-state index in [2.05, 4.69) is 4.52 Å². The second-order valence-electron chi connectivity index (χ2n) is 3.32. The Morgan fingerprint density at radius 1 is 1.44 bits per heavy atom. The van der Waals surface area contributed by atoms with Crippen molar-refractivity contribution in [2.75, 3.05) is 6.61 Å². The molecule has 0 spiro atoms. The molecule has 108 valence electrons. The van der Waals surface area contributed by atoms with Gasteiger partial charge in [-0.2, -0.15) is 0 Å². The Morgan fingerprint density at radius 2 is 1.83 bits per heavy atom. The summed E-state index contributed by atoms with van der Waals surface area (Å²) in [5.74, 6) is -1.17. The summed E-state index contributed by atoms with van der Waals surface area (Å²) in [6.45, 7) is 0.995. The number of hydrogen-bond acceptors (Lipinski definition) is 6. The van der Waals surface area contributed by atoms with Crippen LogP contribution in [0.5, 0.6) is 0 Å². The van der Waals surface area contributed by atoms with E-state index < -0.39 is 34.1 Å². The van der Waals surface area contributed by atoms with Gasteiger partial charge in [-0.25, -0.2) is 4.57 Å². The van der Waals surface area contributed by atoms with Gasteiger partial charge in [-0.3, -0.25) is 4.79 Å². The molecule has 10 nitrogen and oxygen atoms in total. The van der Waals surface area contributed by atoms with E-state index in [9.17, 15) is 14.3 Å². The van der Waals surface area contributed by atoms with E-state index in [1.165, 1.54) is 6.92 Å². The molecular formula is C6H14O10P2. The molecule has 5 N–H and O–H groups in total. The Labute approximate surface area is 103 Å². The monoisotopic (exact) mass is 308 g/mol. The van der Waals surface area contributed by atoms with Gasteiger partial charge in [0.05, 0.1) is 6.42 Å². The summed E-state index contributed by atoms with van der Waals surface area (Å²) in [7, 11) is -7.74. The van der Waals surface area contributed by atoms with E-state index in [1.807, 2.05) is 0 Å². The second-order valence-corrected chi connectivity index (χ2v) is 4.98. The number of aliphatic hydroxyl groups is 1. The maximum atomic E-state index is 10.3. The van der Waals surface area contributed by atoms with Crippen molar-refractivity contribution in [2.45, 2.75) is 25.4 Å². The van der Waals surface area contributed by atoms with Crippen LogP contribution in [0.2, 0.25) is 0 Å². The van der Waals surface area contributed by atoms with E-state index in [-0.39, 0.29) is 13.0 Å². The first-order chi connectivity index (χ1) is 7.89. The molecule has 0 fully saturated rings. The fraction of sp³-hybridized carbons (Fsp3) is 0.833. The lowest BCUT2D eigenvalue weighted by molar-refractivity contribution is -0.196. The minimum atomic E-state index is -4.64. The highest BCUT2D eigenvalue weighted by Crippen LogP contribution is 2.28. The zero-order chi connectivity index (χ0) is 15.0. The van der Waals surface area contributed by atoms with Gasteiger partial charge in [0.15, 0.2) is 0 Å².